The second-order valence-electron chi connectivity index (χ2n) is 6.97. The standard InChI is InChI=1S/C18H23N3O3/c1-11(2)8-14-18(24)21-10-13(9-15(21)17(23)20-14)19-16(22)12-6-4-3-5-7-12/h3-7,11,13-15H,8-10H2,1-2H3,(H,19,22)(H,20,23)/t13-,14-,15-/m0/s1. The Bertz CT molecular complexity index is 644. The van der Waals surface area contributed by atoms with Crippen molar-refractivity contribution in [2.24, 2.45) is 5.92 Å². The maximum absolute atomic E-state index is 12.6. The molecule has 3 rings (SSSR count). The average molecular weight is 329 g/mol. The number of hydrogen-bond donors (Lipinski definition) is 2. The van der Waals surface area contributed by atoms with Gasteiger partial charge in [-0.1, -0.05) is 32.0 Å². The molecule has 0 aromatic heterocycles. The lowest BCUT2D eigenvalue weighted by atomic mass is 9.99. The van der Waals surface area contributed by atoms with Crippen LogP contribution in [0.1, 0.15) is 37.0 Å². The maximum Gasteiger partial charge on any atom is 0.251 e. The molecule has 2 N–H and O–H groups in total. The number of carbonyl (C=O) groups excluding carboxylic acids is 3. The van der Waals surface area contributed by atoms with Crippen LogP contribution in [0.2, 0.25) is 0 Å². The Kier molecular flexibility index (Phi) is 4.55. The zero-order valence-corrected chi connectivity index (χ0v) is 14.0. The van der Waals surface area contributed by atoms with Crippen LogP contribution in [0.5, 0.6) is 0 Å². The normalized spacial score (nSPS) is 26.3. The predicted molar refractivity (Wildman–Crippen MR) is 89.2 cm³/mol. The molecule has 0 bridgehead atoms. The second kappa shape index (κ2) is 6.63. The highest BCUT2D eigenvalue weighted by Gasteiger charge is 2.46. The van der Waals surface area contributed by atoms with E-state index in [4.69, 9.17) is 0 Å². The highest BCUT2D eigenvalue weighted by molar-refractivity contribution is 5.98. The topological polar surface area (TPSA) is 78.5 Å². The van der Waals surface area contributed by atoms with Gasteiger partial charge in [-0.25, -0.2) is 0 Å². The second-order valence-corrected chi connectivity index (χ2v) is 6.97. The van der Waals surface area contributed by atoms with E-state index in [1.807, 2.05) is 19.9 Å². The van der Waals surface area contributed by atoms with E-state index in [0.29, 0.717) is 30.9 Å². The van der Waals surface area contributed by atoms with Crippen molar-refractivity contribution in [3.05, 3.63) is 35.9 Å². The van der Waals surface area contributed by atoms with E-state index >= 15 is 0 Å². The summed E-state index contributed by atoms with van der Waals surface area (Å²) in [6, 6.07) is 7.84. The van der Waals surface area contributed by atoms with Crippen molar-refractivity contribution in [2.45, 2.75) is 44.8 Å². The fraction of sp³-hybridized carbons (Fsp3) is 0.500. The Morgan fingerprint density at radius 1 is 1.29 bits per heavy atom. The third-order valence-corrected chi connectivity index (χ3v) is 4.58. The third kappa shape index (κ3) is 3.27. The van der Waals surface area contributed by atoms with Gasteiger partial charge < -0.3 is 15.5 Å². The van der Waals surface area contributed by atoms with Gasteiger partial charge in [0.05, 0.1) is 0 Å². The summed E-state index contributed by atoms with van der Waals surface area (Å²) < 4.78 is 0. The number of nitrogens with one attached hydrogen (secondary N) is 2. The maximum atomic E-state index is 12.6. The van der Waals surface area contributed by atoms with Gasteiger partial charge in [-0.3, -0.25) is 14.4 Å². The smallest absolute Gasteiger partial charge is 0.251 e. The molecule has 3 amide bonds. The first-order valence-corrected chi connectivity index (χ1v) is 8.42. The number of amides is 3. The molecule has 2 fully saturated rings. The number of benzene rings is 1. The number of carbonyl (C=O) groups is 3. The molecule has 2 saturated heterocycles. The quantitative estimate of drug-likeness (QED) is 0.862. The lowest BCUT2D eigenvalue weighted by Crippen LogP contribution is -2.61. The third-order valence-electron chi connectivity index (χ3n) is 4.58. The van der Waals surface area contributed by atoms with Crippen LogP contribution in [-0.2, 0) is 9.59 Å². The minimum Gasteiger partial charge on any atom is -0.347 e. The number of hydrogen-bond acceptors (Lipinski definition) is 3. The van der Waals surface area contributed by atoms with Crippen molar-refractivity contribution in [1.82, 2.24) is 15.5 Å². The van der Waals surface area contributed by atoms with Gasteiger partial charge in [0, 0.05) is 18.2 Å². The van der Waals surface area contributed by atoms with E-state index in [1.165, 1.54) is 0 Å². The highest BCUT2D eigenvalue weighted by atomic mass is 16.2. The largest absolute Gasteiger partial charge is 0.347 e. The van der Waals surface area contributed by atoms with Crippen LogP contribution in [0, 0.1) is 5.92 Å². The monoisotopic (exact) mass is 329 g/mol. The van der Waals surface area contributed by atoms with Crippen LogP contribution in [0.3, 0.4) is 0 Å². The SMILES string of the molecule is CC(C)C[C@@H]1NC(=O)[C@@H]2C[C@H](NC(=O)c3ccccc3)CN2C1=O. The van der Waals surface area contributed by atoms with Gasteiger partial charge in [-0.05, 0) is 30.9 Å². The summed E-state index contributed by atoms with van der Waals surface area (Å²) in [5.74, 6) is 0.000452. The van der Waals surface area contributed by atoms with E-state index in [-0.39, 0.29) is 23.8 Å². The molecule has 3 atom stereocenters. The van der Waals surface area contributed by atoms with Crippen molar-refractivity contribution in [2.75, 3.05) is 6.54 Å². The zero-order valence-electron chi connectivity index (χ0n) is 14.0. The molecule has 1 aromatic rings. The molecule has 0 spiro atoms. The first-order chi connectivity index (χ1) is 11.5. The molecule has 6 nitrogen and oxygen atoms in total. The fourth-order valence-electron chi connectivity index (χ4n) is 3.45. The van der Waals surface area contributed by atoms with Gasteiger partial charge in [0.25, 0.3) is 5.91 Å². The summed E-state index contributed by atoms with van der Waals surface area (Å²) in [6.45, 7) is 4.45. The number of fused-ring (bicyclic) bond motifs is 1. The molecule has 2 heterocycles. The van der Waals surface area contributed by atoms with Crippen molar-refractivity contribution in [1.29, 1.82) is 0 Å². The summed E-state index contributed by atoms with van der Waals surface area (Å²) in [7, 11) is 0. The Morgan fingerprint density at radius 3 is 2.67 bits per heavy atom. The van der Waals surface area contributed by atoms with E-state index in [0.717, 1.165) is 0 Å². The Hall–Kier alpha value is -2.37. The van der Waals surface area contributed by atoms with Crippen LogP contribution in [-0.4, -0.2) is 47.3 Å². The number of nitrogens with zero attached hydrogens (tertiary/aromatic N) is 1. The van der Waals surface area contributed by atoms with E-state index < -0.39 is 12.1 Å². The predicted octanol–water partition coefficient (Wildman–Crippen LogP) is 0.930. The van der Waals surface area contributed by atoms with Crippen molar-refractivity contribution < 1.29 is 14.4 Å². The minimum atomic E-state index is -0.470. The summed E-state index contributed by atoms with van der Waals surface area (Å²) in [5.41, 5.74) is 0.579. The molecule has 0 unspecified atom stereocenters. The van der Waals surface area contributed by atoms with Crippen LogP contribution >= 0.6 is 0 Å². The summed E-state index contributed by atoms with van der Waals surface area (Å²) in [5, 5.41) is 5.77. The molecular weight excluding hydrogens is 306 g/mol. The van der Waals surface area contributed by atoms with Gasteiger partial charge in [-0.2, -0.15) is 0 Å². The molecule has 1 aromatic carbocycles. The number of rotatable bonds is 4. The minimum absolute atomic E-state index is 0.0373. The van der Waals surface area contributed by atoms with E-state index in [1.54, 1.807) is 29.2 Å². The lowest BCUT2D eigenvalue weighted by molar-refractivity contribution is -0.147. The van der Waals surface area contributed by atoms with Gasteiger partial charge in [0.15, 0.2) is 0 Å². The Balaban J connectivity index is 1.66. The van der Waals surface area contributed by atoms with E-state index in [2.05, 4.69) is 10.6 Å². The lowest BCUT2D eigenvalue weighted by Gasteiger charge is -2.35. The summed E-state index contributed by atoms with van der Waals surface area (Å²) >= 11 is 0. The van der Waals surface area contributed by atoms with Crippen LogP contribution in [0.25, 0.3) is 0 Å². The molecule has 6 heteroatoms. The summed E-state index contributed by atoms with van der Waals surface area (Å²) in [4.78, 5) is 38.8. The van der Waals surface area contributed by atoms with Crippen molar-refractivity contribution in [3.8, 4) is 0 Å². The molecule has 128 valence electrons. The molecule has 0 saturated carbocycles. The highest BCUT2D eigenvalue weighted by Crippen LogP contribution is 2.25. The van der Waals surface area contributed by atoms with Gasteiger partial charge in [0.1, 0.15) is 12.1 Å². The van der Waals surface area contributed by atoms with Gasteiger partial charge in [-0.15, -0.1) is 0 Å². The molecule has 0 aliphatic carbocycles. The Morgan fingerprint density at radius 2 is 2.00 bits per heavy atom. The first-order valence-electron chi connectivity index (χ1n) is 8.42. The average Bonchev–Trinajstić information content (AvgIpc) is 2.97. The van der Waals surface area contributed by atoms with Gasteiger partial charge in [0.2, 0.25) is 11.8 Å². The molecule has 2 aliphatic rings. The van der Waals surface area contributed by atoms with Crippen molar-refractivity contribution >= 4 is 17.7 Å². The van der Waals surface area contributed by atoms with Gasteiger partial charge >= 0.3 is 0 Å². The molecule has 24 heavy (non-hydrogen) atoms. The fourth-order valence-corrected chi connectivity index (χ4v) is 3.45. The van der Waals surface area contributed by atoms with Crippen LogP contribution in [0.15, 0.2) is 30.3 Å². The Labute approximate surface area is 141 Å². The van der Waals surface area contributed by atoms with Crippen LogP contribution in [0.4, 0.5) is 0 Å². The molecule has 2 aliphatic heterocycles. The van der Waals surface area contributed by atoms with Crippen LogP contribution < -0.4 is 10.6 Å². The zero-order chi connectivity index (χ0) is 17.3. The van der Waals surface area contributed by atoms with E-state index in [9.17, 15) is 14.4 Å². The molecule has 0 radical (unpaired) electrons. The molecular formula is C18H23N3O3. The summed E-state index contributed by atoms with van der Waals surface area (Å²) in [6.07, 6.45) is 1.10. The first kappa shape index (κ1) is 16.5. The van der Waals surface area contributed by atoms with Crippen molar-refractivity contribution in [3.63, 3.8) is 0 Å². The number of piperazine rings is 1.